The largest absolute Gasteiger partial charge is 0.357 e. The predicted octanol–water partition coefficient (Wildman–Crippen LogP) is 3.44. The van der Waals surface area contributed by atoms with E-state index >= 15 is 0 Å². The maximum Gasteiger partial charge on any atom is 0.251 e. The van der Waals surface area contributed by atoms with E-state index in [0.29, 0.717) is 18.7 Å². The maximum absolute atomic E-state index is 12.0. The van der Waals surface area contributed by atoms with E-state index in [1.54, 1.807) is 12.1 Å². The van der Waals surface area contributed by atoms with Crippen LogP contribution in [0.25, 0.3) is 0 Å². The Hall–Kier alpha value is -2.09. The first kappa shape index (κ1) is 23.0. The molecule has 6 heteroatoms. The molecule has 0 aliphatic carbocycles. The molecule has 0 heterocycles. The average Bonchev–Trinajstić information content (AvgIpc) is 2.66. The van der Waals surface area contributed by atoms with Gasteiger partial charge in [-0.1, -0.05) is 48.0 Å². The highest BCUT2D eigenvalue weighted by Crippen LogP contribution is 2.06. The molecule has 27 heavy (non-hydrogen) atoms. The van der Waals surface area contributed by atoms with Gasteiger partial charge in [0.1, 0.15) is 0 Å². The number of nitrogens with one attached hydrogen (secondary N) is 2. The lowest BCUT2D eigenvalue weighted by Gasteiger charge is -2.22. The third-order valence-electron chi connectivity index (χ3n) is 3.93. The summed E-state index contributed by atoms with van der Waals surface area (Å²) in [5.41, 5.74) is 3.16. The van der Waals surface area contributed by atoms with Crippen LogP contribution in [0.1, 0.15) is 28.4 Å². The van der Waals surface area contributed by atoms with Crippen LogP contribution >= 0.6 is 24.0 Å². The molecule has 0 saturated heterocycles. The summed E-state index contributed by atoms with van der Waals surface area (Å²) in [6.45, 7) is 6.74. The molecule has 0 unspecified atom stereocenters. The smallest absolute Gasteiger partial charge is 0.251 e. The summed E-state index contributed by atoms with van der Waals surface area (Å²) < 4.78 is 0. The molecule has 1 amide bonds. The molecule has 0 radical (unpaired) electrons. The van der Waals surface area contributed by atoms with Crippen LogP contribution in [0.4, 0.5) is 0 Å². The summed E-state index contributed by atoms with van der Waals surface area (Å²) >= 11 is 0. The van der Waals surface area contributed by atoms with Crippen molar-refractivity contribution in [1.29, 1.82) is 0 Å². The number of hydrogen-bond donors (Lipinski definition) is 2. The molecule has 2 aromatic rings. The molecular weight excluding hydrogens is 451 g/mol. The Labute approximate surface area is 179 Å². The van der Waals surface area contributed by atoms with Crippen molar-refractivity contribution in [3.05, 3.63) is 71.3 Å². The topological polar surface area (TPSA) is 56.7 Å². The van der Waals surface area contributed by atoms with Crippen LogP contribution in [0.15, 0.2) is 59.6 Å². The molecule has 2 N–H and O–H groups in total. The molecule has 5 nitrogen and oxygen atoms in total. The lowest BCUT2D eigenvalue weighted by atomic mass is 10.1. The molecule has 0 aromatic heterocycles. The van der Waals surface area contributed by atoms with Crippen LogP contribution in [0.2, 0.25) is 0 Å². The van der Waals surface area contributed by atoms with Gasteiger partial charge >= 0.3 is 0 Å². The van der Waals surface area contributed by atoms with E-state index in [1.165, 1.54) is 11.1 Å². The molecule has 2 rings (SSSR count). The number of aryl methyl sites for hydroxylation is 1. The number of aliphatic imine (C=N–C) groups is 1. The van der Waals surface area contributed by atoms with Crippen LogP contribution in [0, 0.1) is 6.92 Å². The number of guanidine groups is 1. The number of halogens is 1. The Bertz CT molecular complexity index is 717. The van der Waals surface area contributed by atoms with Gasteiger partial charge in [0.15, 0.2) is 5.96 Å². The Morgan fingerprint density at radius 1 is 1.04 bits per heavy atom. The van der Waals surface area contributed by atoms with E-state index < -0.39 is 0 Å². The first-order chi connectivity index (χ1) is 12.6. The summed E-state index contributed by atoms with van der Waals surface area (Å²) in [5, 5.41) is 6.20. The number of benzene rings is 2. The van der Waals surface area contributed by atoms with Gasteiger partial charge in [-0.3, -0.25) is 9.79 Å². The number of rotatable bonds is 7. The van der Waals surface area contributed by atoms with Crippen molar-refractivity contribution < 1.29 is 4.79 Å². The molecule has 0 atom stereocenters. The fourth-order valence-corrected chi connectivity index (χ4v) is 2.53. The molecule has 0 aliphatic rings. The number of carbonyl (C=O) groups is 1. The molecule has 0 aliphatic heterocycles. The van der Waals surface area contributed by atoms with Crippen molar-refractivity contribution in [3.63, 3.8) is 0 Å². The van der Waals surface area contributed by atoms with Gasteiger partial charge in [0.2, 0.25) is 0 Å². The third kappa shape index (κ3) is 7.99. The Balaban J connectivity index is 0.00000364. The Morgan fingerprint density at radius 2 is 1.70 bits per heavy atom. The fourth-order valence-electron chi connectivity index (χ4n) is 2.53. The second-order valence-corrected chi connectivity index (χ2v) is 6.20. The Morgan fingerprint density at radius 3 is 2.33 bits per heavy atom. The molecule has 2 aromatic carbocycles. The number of amides is 1. The fraction of sp³-hybridized carbons (Fsp3) is 0.333. The zero-order valence-electron chi connectivity index (χ0n) is 16.2. The highest BCUT2D eigenvalue weighted by Gasteiger charge is 2.07. The number of carbonyl (C=O) groups excluding carboxylic acids is 1. The van der Waals surface area contributed by atoms with Gasteiger partial charge in [0.05, 0.1) is 6.54 Å². The van der Waals surface area contributed by atoms with E-state index in [2.05, 4.69) is 51.7 Å². The molecular formula is C21H29IN4O. The average molecular weight is 480 g/mol. The van der Waals surface area contributed by atoms with Crippen LogP contribution in [-0.4, -0.2) is 43.4 Å². The van der Waals surface area contributed by atoms with Gasteiger partial charge in [-0.05, 0) is 31.5 Å². The van der Waals surface area contributed by atoms with Gasteiger partial charge in [-0.2, -0.15) is 0 Å². The summed E-state index contributed by atoms with van der Waals surface area (Å²) in [7, 11) is 2.02. The van der Waals surface area contributed by atoms with Crippen molar-refractivity contribution in [2.45, 2.75) is 20.4 Å². The van der Waals surface area contributed by atoms with E-state index in [0.717, 1.165) is 19.0 Å². The van der Waals surface area contributed by atoms with Crippen molar-refractivity contribution in [1.82, 2.24) is 15.5 Å². The molecule has 0 saturated carbocycles. The van der Waals surface area contributed by atoms with Gasteiger partial charge in [-0.15, -0.1) is 24.0 Å². The van der Waals surface area contributed by atoms with Crippen molar-refractivity contribution in [2.24, 2.45) is 4.99 Å². The van der Waals surface area contributed by atoms with Gasteiger partial charge < -0.3 is 15.5 Å². The monoisotopic (exact) mass is 480 g/mol. The van der Waals surface area contributed by atoms with Crippen LogP contribution < -0.4 is 10.6 Å². The minimum Gasteiger partial charge on any atom is -0.357 e. The zero-order valence-corrected chi connectivity index (χ0v) is 18.6. The van der Waals surface area contributed by atoms with Gasteiger partial charge in [0.25, 0.3) is 5.91 Å². The van der Waals surface area contributed by atoms with E-state index in [9.17, 15) is 4.79 Å². The van der Waals surface area contributed by atoms with Crippen LogP contribution in [0.5, 0.6) is 0 Å². The van der Waals surface area contributed by atoms with Crippen molar-refractivity contribution in [3.8, 4) is 0 Å². The SMILES string of the molecule is CCNC(=NCCNC(=O)c1ccccc1)N(C)Cc1ccc(C)cc1.I. The van der Waals surface area contributed by atoms with E-state index in [4.69, 9.17) is 0 Å². The second-order valence-electron chi connectivity index (χ2n) is 6.20. The quantitative estimate of drug-likeness (QED) is 0.276. The molecule has 146 valence electrons. The first-order valence-corrected chi connectivity index (χ1v) is 8.98. The number of nitrogens with zero attached hydrogens (tertiary/aromatic N) is 2. The normalized spacial score (nSPS) is 10.7. The molecule has 0 bridgehead atoms. The lowest BCUT2D eigenvalue weighted by molar-refractivity contribution is 0.0955. The van der Waals surface area contributed by atoms with Crippen LogP contribution in [0.3, 0.4) is 0 Å². The first-order valence-electron chi connectivity index (χ1n) is 8.98. The van der Waals surface area contributed by atoms with E-state index in [-0.39, 0.29) is 29.9 Å². The van der Waals surface area contributed by atoms with Crippen molar-refractivity contribution in [2.75, 3.05) is 26.7 Å². The summed E-state index contributed by atoms with van der Waals surface area (Å²) in [6.07, 6.45) is 0. The highest BCUT2D eigenvalue weighted by molar-refractivity contribution is 14.0. The predicted molar refractivity (Wildman–Crippen MR) is 123 cm³/mol. The molecule has 0 spiro atoms. The molecule has 0 fully saturated rings. The maximum atomic E-state index is 12.0. The van der Waals surface area contributed by atoms with Gasteiger partial charge in [0, 0.05) is 32.2 Å². The second kappa shape index (κ2) is 12.3. The Kier molecular flexibility index (Phi) is 10.5. The minimum absolute atomic E-state index is 0. The van der Waals surface area contributed by atoms with E-state index in [1.807, 2.05) is 32.2 Å². The standard InChI is InChI=1S/C21H28N4O.HI/c1-4-22-21(25(3)16-18-12-10-17(2)11-13-18)24-15-14-23-20(26)19-8-6-5-7-9-19;/h5-13H,4,14-16H2,1-3H3,(H,22,24)(H,23,26);1H. The van der Waals surface area contributed by atoms with Gasteiger partial charge in [-0.25, -0.2) is 0 Å². The summed E-state index contributed by atoms with van der Waals surface area (Å²) in [6, 6.07) is 17.7. The minimum atomic E-state index is -0.0705. The highest BCUT2D eigenvalue weighted by atomic mass is 127. The number of hydrogen-bond acceptors (Lipinski definition) is 2. The third-order valence-corrected chi connectivity index (χ3v) is 3.93. The van der Waals surface area contributed by atoms with Crippen molar-refractivity contribution >= 4 is 35.8 Å². The summed E-state index contributed by atoms with van der Waals surface area (Å²) in [5.74, 6) is 0.765. The summed E-state index contributed by atoms with van der Waals surface area (Å²) in [4.78, 5) is 18.7. The zero-order chi connectivity index (χ0) is 18.8. The van der Waals surface area contributed by atoms with Crippen LogP contribution in [-0.2, 0) is 6.54 Å². The lowest BCUT2D eigenvalue weighted by Crippen LogP contribution is -2.39.